The van der Waals surface area contributed by atoms with Crippen LogP contribution in [0.3, 0.4) is 0 Å². The highest BCUT2D eigenvalue weighted by molar-refractivity contribution is 6.07. The summed E-state index contributed by atoms with van der Waals surface area (Å²) in [6.07, 6.45) is 4.83. The monoisotopic (exact) mass is 348 g/mol. The van der Waals surface area contributed by atoms with Crippen LogP contribution in [0.25, 0.3) is 0 Å². The van der Waals surface area contributed by atoms with Crippen molar-refractivity contribution in [2.45, 2.75) is 31.8 Å². The zero-order valence-electron chi connectivity index (χ0n) is 15.4. The molecule has 0 bridgehead atoms. The van der Waals surface area contributed by atoms with Crippen LogP contribution in [-0.2, 0) is 11.3 Å². The lowest BCUT2D eigenvalue weighted by Crippen LogP contribution is -2.56. The Hall–Kier alpha value is -1.86. The molecule has 0 saturated carbocycles. The Bertz CT molecular complexity index is 606. The first-order valence-corrected chi connectivity index (χ1v) is 8.99. The molecule has 1 aromatic heterocycles. The first-order valence-electron chi connectivity index (χ1n) is 8.99. The molecule has 7 heteroatoms. The number of amides is 3. The summed E-state index contributed by atoms with van der Waals surface area (Å²) in [5.74, 6) is -0.0100. The third kappa shape index (κ3) is 3.30. The van der Waals surface area contributed by atoms with Crippen LogP contribution in [-0.4, -0.2) is 83.9 Å². The van der Waals surface area contributed by atoms with E-state index < -0.39 is 5.54 Å². The number of imide groups is 1. The number of carbonyl (C=O) groups is 2. The van der Waals surface area contributed by atoms with E-state index in [1.165, 1.54) is 4.90 Å². The number of piperidine rings is 1. The van der Waals surface area contributed by atoms with E-state index in [0.717, 1.165) is 25.2 Å². The van der Waals surface area contributed by atoms with Gasteiger partial charge in [-0.15, -0.1) is 0 Å². The second-order valence-electron chi connectivity index (χ2n) is 7.23. The molecule has 0 N–H and O–H groups in total. The number of rotatable bonds is 6. The molecule has 25 heavy (non-hydrogen) atoms. The normalized spacial score (nSPS) is 21.1. The minimum absolute atomic E-state index is 0.0100. The van der Waals surface area contributed by atoms with Crippen molar-refractivity contribution in [3.63, 3.8) is 0 Å². The average Bonchev–Trinajstić information content (AvgIpc) is 3.15. The maximum atomic E-state index is 13.1. The number of furan rings is 1. The fraction of sp³-hybridized carbons (Fsp3) is 0.667. The maximum Gasteiger partial charge on any atom is 0.327 e. The number of nitrogens with zero attached hydrogens (tertiary/aromatic N) is 4. The number of likely N-dealkylation sites (N-methyl/N-ethyl adjacent to an activating group) is 2. The number of urea groups is 1. The van der Waals surface area contributed by atoms with Crippen molar-refractivity contribution in [1.82, 2.24) is 19.6 Å². The highest BCUT2D eigenvalue weighted by atomic mass is 16.3. The largest absolute Gasteiger partial charge is 0.472 e. The minimum Gasteiger partial charge on any atom is -0.472 e. The highest BCUT2D eigenvalue weighted by Gasteiger charge is 2.57. The quantitative estimate of drug-likeness (QED) is 0.729. The Morgan fingerprint density at radius 2 is 1.96 bits per heavy atom. The minimum atomic E-state index is -0.648. The molecule has 0 unspecified atom stereocenters. The van der Waals surface area contributed by atoms with Crippen molar-refractivity contribution in [1.29, 1.82) is 0 Å². The van der Waals surface area contributed by atoms with Crippen LogP contribution in [0.1, 0.15) is 25.3 Å². The molecule has 3 amide bonds. The Balaban J connectivity index is 1.69. The molecule has 7 nitrogen and oxygen atoms in total. The van der Waals surface area contributed by atoms with E-state index in [2.05, 4.69) is 4.90 Å². The number of hydrogen-bond donors (Lipinski definition) is 0. The number of hydrogen-bond acceptors (Lipinski definition) is 5. The van der Waals surface area contributed by atoms with Crippen LogP contribution in [0.4, 0.5) is 4.79 Å². The molecule has 2 aliphatic heterocycles. The zero-order chi connectivity index (χ0) is 18.0. The van der Waals surface area contributed by atoms with Crippen LogP contribution in [0.15, 0.2) is 23.0 Å². The first kappa shape index (κ1) is 17.9. The van der Waals surface area contributed by atoms with Gasteiger partial charge >= 0.3 is 6.03 Å². The second kappa shape index (κ2) is 7.17. The van der Waals surface area contributed by atoms with Gasteiger partial charge in [0.2, 0.25) is 0 Å². The summed E-state index contributed by atoms with van der Waals surface area (Å²) in [5.41, 5.74) is 0.495. The Morgan fingerprint density at radius 1 is 1.24 bits per heavy atom. The van der Waals surface area contributed by atoms with Gasteiger partial charge in [0.05, 0.1) is 12.5 Å². The highest BCUT2D eigenvalue weighted by Crippen LogP contribution is 2.37. The van der Waals surface area contributed by atoms with Crippen LogP contribution in [0.5, 0.6) is 0 Å². The van der Waals surface area contributed by atoms with Gasteiger partial charge in [-0.05, 0) is 39.9 Å². The lowest BCUT2D eigenvalue weighted by atomic mass is 9.85. The van der Waals surface area contributed by atoms with Gasteiger partial charge in [-0.2, -0.15) is 0 Å². The van der Waals surface area contributed by atoms with E-state index in [9.17, 15) is 9.59 Å². The number of likely N-dealkylation sites (tertiary alicyclic amines) is 1. The predicted molar refractivity (Wildman–Crippen MR) is 94.0 cm³/mol. The van der Waals surface area contributed by atoms with Gasteiger partial charge in [-0.25, -0.2) is 4.79 Å². The van der Waals surface area contributed by atoms with Gasteiger partial charge in [0, 0.05) is 44.8 Å². The maximum absolute atomic E-state index is 13.1. The van der Waals surface area contributed by atoms with Gasteiger partial charge in [0.15, 0.2) is 0 Å². The van der Waals surface area contributed by atoms with Gasteiger partial charge < -0.3 is 14.2 Å². The topological polar surface area (TPSA) is 60.2 Å². The zero-order valence-corrected chi connectivity index (χ0v) is 15.4. The smallest absolute Gasteiger partial charge is 0.327 e. The van der Waals surface area contributed by atoms with Crippen molar-refractivity contribution >= 4 is 11.9 Å². The summed E-state index contributed by atoms with van der Waals surface area (Å²) in [7, 11) is 3.90. The number of carbonyl (C=O) groups excluding carboxylic acids is 2. The molecule has 0 aliphatic carbocycles. The summed E-state index contributed by atoms with van der Waals surface area (Å²) in [5, 5.41) is 0. The average molecular weight is 348 g/mol. The molecular formula is C18H28N4O3. The lowest BCUT2D eigenvalue weighted by molar-refractivity contribution is -0.135. The predicted octanol–water partition coefficient (Wildman–Crippen LogP) is 1.46. The van der Waals surface area contributed by atoms with Gasteiger partial charge in [0.1, 0.15) is 5.54 Å². The Labute approximate surface area is 149 Å². The van der Waals surface area contributed by atoms with Crippen molar-refractivity contribution in [3.05, 3.63) is 24.2 Å². The van der Waals surface area contributed by atoms with Crippen LogP contribution >= 0.6 is 0 Å². The molecule has 2 saturated heterocycles. The molecule has 2 fully saturated rings. The standard InChI is InChI=1S/C18H28N4O3/c1-4-22-17(24)21(11-10-19(2)3)16(23)18(22)6-8-20(9-7-18)13-15-5-12-25-14-15/h5,12,14H,4,6-11,13H2,1-3H3. The van der Waals surface area contributed by atoms with Gasteiger partial charge in [-0.1, -0.05) is 0 Å². The summed E-state index contributed by atoms with van der Waals surface area (Å²) < 4.78 is 5.13. The molecule has 138 valence electrons. The van der Waals surface area contributed by atoms with E-state index >= 15 is 0 Å². The molecule has 3 rings (SSSR count). The second-order valence-corrected chi connectivity index (χ2v) is 7.23. The molecule has 1 aromatic rings. The van der Waals surface area contributed by atoms with E-state index in [0.29, 0.717) is 32.5 Å². The third-order valence-corrected chi connectivity index (χ3v) is 5.38. The van der Waals surface area contributed by atoms with Crippen molar-refractivity contribution in [2.24, 2.45) is 0 Å². The SMILES string of the molecule is CCN1C(=O)N(CCN(C)C)C(=O)C12CCN(Cc1ccoc1)CC2. The van der Waals surface area contributed by atoms with Crippen LogP contribution < -0.4 is 0 Å². The fourth-order valence-corrected chi connectivity index (χ4v) is 3.92. The van der Waals surface area contributed by atoms with E-state index in [1.54, 1.807) is 17.4 Å². The van der Waals surface area contributed by atoms with E-state index in [4.69, 9.17) is 4.42 Å². The third-order valence-electron chi connectivity index (χ3n) is 5.38. The van der Waals surface area contributed by atoms with E-state index in [-0.39, 0.29) is 11.9 Å². The Kier molecular flexibility index (Phi) is 5.15. The van der Waals surface area contributed by atoms with Crippen molar-refractivity contribution in [2.75, 3.05) is 46.8 Å². The molecule has 0 radical (unpaired) electrons. The molecular weight excluding hydrogens is 320 g/mol. The molecule has 1 spiro atoms. The Morgan fingerprint density at radius 3 is 2.52 bits per heavy atom. The summed E-state index contributed by atoms with van der Waals surface area (Å²) >= 11 is 0. The molecule has 2 aliphatic rings. The van der Waals surface area contributed by atoms with E-state index in [1.807, 2.05) is 32.0 Å². The molecule has 0 aromatic carbocycles. The molecule has 0 atom stereocenters. The molecule has 3 heterocycles. The van der Waals surface area contributed by atoms with Crippen LogP contribution in [0, 0.1) is 0 Å². The van der Waals surface area contributed by atoms with Gasteiger partial charge in [0.25, 0.3) is 5.91 Å². The summed E-state index contributed by atoms with van der Waals surface area (Å²) in [6, 6.07) is 1.84. The van der Waals surface area contributed by atoms with Gasteiger partial charge in [-0.3, -0.25) is 14.6 Å². The van der Waals surface area contributed by atoms with Crippen molar-refractivity contribution < 1.29 is 14.0 Å². The van der Waals surface area contributed by atoms with Crippen molar-refractivity contribution in [3.8, 4) is 0 Å². The first-order chi connectivity index (χ1) is 12.0. The lowest BCUT2D eigenvalue weighted by Gasteiger charge is -2.41. The summed E-state index contributed by atoms with van der Waals surface area (Å²) in [6.45, 7) is 6.12. The van der Waals surface area contributed by atoms with Crippen LogP contribution in [0.2, 0.25) is 0 Å². The summed E-state index contributed by atoms with van der Waals surface area (Å²) in [4.78, 5) is 33.4. The fourth-order valence-electron chi connectivity index (χ4n) is 3.92.